The number of halogens is 1. The molecule has 0 heterocycles. The predicted molar refractivity (Wildman–Crippen MR) is 123 cm³/mol. The summed E-state index contributed by atoms with van der Waals surface area (Å²) >= 11 is 3.30. The Morgan fingerprint density at radius 3 is 2.22 bits per heavy atom. The number of carbonyl (C=O) groups excluding carboxylic acids is 3. The molecule has 0 aromatic heterocycles. The van der Waals surface area contributed by atoms with Crippen LogP contribution in [0.4, 0.5) is 4.79 Å². The average molecular weight is 506 g/mol. The van der Waals surface area contributed by atoms with E-state index in [0.29, 0.717) is 5.56 Å². The van der Waals surface area contributed by atoms with Crippen LogP contribution in [0.3, 0.4) is 0 Å². The molecule has 0 aliphatic rings. The molecule has 32 heavy (non-hydrogen) atoms. The SMILES string of the molecule is C[C@@H](OCc1ccccc1)[C@@H](NC(=O)OC(C)(C)C)C(=O)OCC(=O)c1ccc(Br)cc1. The number of alkyl carbamates (subject to hydrolysis) is 1. The number of nitrogens with one attached hydrogen (secondary N) is 1. The Labute approximate surface area is 196 Å². The first-order valence-electron chi connectivity index (χ1n) is 10.2. The fourth-order valence-electron chi connectivity index (χ4n) is 2.65. The molecule has 1 N–H and O–H groups in total. The van der Waals surface area contributed by atoms with Gasteiger partial charge in [0, 0.05) is 10.0 Å². The van der Waals surface area contributed by atoms with Gasteiger partial charge in [0.1, 0.15) is 5.60 Å². The zero-order valence-corrected chi connectivity index (χ0v) is 20.2. The summed E-state index contributed by atoms with van der Waals surface area (Å²) in [4.78, 5) is 37.4. The summed E-state index contributed by atoms with van der Waals surface area (Å²) in [5.74, 6) is -1.15. The Hall–Kier alpha value is -2.71. The zero-order valence-electron chi connectivity index (χ0n) is 18.6. The molecule has 0 spiro atoms. The van der Waals surface area contributed by atoms with Crippen molar-refractivity contribution in [3.05, 3.63) is 70.2 Å². The molecule has 0 radical (unpaired) electrons. The second-order valence-corrected chi connectivity index (χ2v) is 9.08. The van der Waals surface area contributed by atoms with E-state index in [1.165, 1.54) is 0 Å². The maximum absolute atomic E-state index is 12.8. The molecular weight excluding hydrogens is 478 g/mol. The molecule has 0 saturated carbocycles. The number of benzene rings is 2. The minimum Gasteiger partial charge on any atom is -0.456 e. The predicted octanol–water partition coefficient (Wildman–Crippen LogP) is 4.67. The zero-order chi connectivity index (χ0) is 23.7. The Bertz CT molecular complexity index is 908. The van der Waals surface area contributed by atoms with Crippen molar-refractivity contribution in [3.8, 4) is 0 Å². The maximum atomic E-state index is 12.8. The summed E-state index contributed by atoms with van der Waals surface area (Å²) in [6.07, 6.45) is -1.52. The molecule has 172 valence electrons. The van der Waals surface area contributed by atoms with Crippen LogP contribution in [0.5, 0.6) is 0 Å². The highest BCUT2D eigenvalue weighted by Crippen LogP contribution is 2.13. The van der Waals surface area contributed by atoms with Crippen LogP contribution in [0.1, 0.15) is 43.6 Å². The van der Waals surface area contributed by atoms with Gasteiger partial charge in [-0.05, 0) is 45.4 Å². The molecule has 0 saturated heterocycles. The summed E-state index contributed by atoms with van der Waals surface area (Å²) in [6.45, 7) is 6.56. The molecule has 0 aliphatic carbocycles. The van der Waals surface area contributed by atoms with E-state index in [4.69, 9.17) is 14.2 Å². The Balaban J connectivity index is 2.03. The quantitative estimate of drug-likeness (QED) is 0.393. The molecule has 2 rings (SSSR count). The van der Waals surface area contributed by atoms with Crippen LogP contribution in [0.2, 0.25) is 0 Å². The van der Waals surface area contributed by atoms with E-state index < -0.39 is 36.4 Å². The van der Waals surface area contributed by atoms with Gasteiger partial charge >= 0.3 is 12.1 Å². The van der Waals surface area contributed by atoms with E-state index in [0.717, 1.165) is 10.0 Å². The second kappa shape index (κ2) is 11.8. The molecule has 1 amide bonds. The van der Waals surface area contributed by atoms with Crippen molar-refractivity contribution in [2.45, 2.75) is 52.0 Å². The number of hydrogen-bond donors (Lipinski definition) is 1. The van der Waals surface area contributed by atoms with Crippen molar-refractivity contribution < 1.29 is 28.6 Å². The van der Waals surface area contributed by atoms with Gasteiger partial charge in [0.25, 0.3) is 0 Å². The lowest BCUT2D eigenvalue weighted by molar-refractivity contribution is -0.149. The van der Waals surface area contributed by atoms with Crippen LogP contribution in [-0.2, 0) is 25.6 Å². The average Bonchev–Trinajstić information content (AvgIpc) is 2.74. The van der Waals surface area contributed by atoms with Crippen molar-refractivity contribution in [1.82, 2.24) is 5.32 Å². The van der Waals surface area contributed by atoms with Crippen molar-refractivity contribution in [2.75, 3.05) is 6.61 Å². The Morgan fingerprint density at radius 2 is 1.62 bits per heavy atom. The normalized spacial score (nSPS) is 13.0. The molecule has 0 fully saturated rings. The fourth-order valence-corrected chi connectivity index (χ4v) is 2.91. The van der Waals surface area contributed by atoms with E-state index >= 15 is 0 Å². The summed E-state index contributed by atoms with van der Waals surface area (Å²) < 4.78 is 17.1. The molecule has 0 unspecified atom stereocenters. The van der Waals surface area contributed by atoms with Gasteiger partial charge in [-0.15, -0.1) is 0 Å². The lowest BCUT2D eigenvalue weighted by Crippen LogP contribution is -2.51. The van der Waals surface area contributed by atoms with Crippen molar-refractivity contribution in [2.24, 2.45) is 0 Å². The van der Waals surface area contributed by atoms with E-state index in [-0.39, 0.29) is 12.4 Å². The molecule has 2 atom stereocenters. The van der Waals surface area contributed by atoms with Gasteiger partial charge in [0.05, 0.1) is 12.7 Å². The minimum atomic E-state index is -1.16. The smallest absolute Gasteiger partial charge is 0.408 e. The number of carbonyl (C=O) groups is 3. The number of hydrogen-bond acceptors (Lipinski definition) is 6. The summed E-state index contributed by atoms with van der Waals surface area (Å²) in [5, 5.41) is 2.50. The van der Waals surface area contributed by atoms with Gasteiger partial charge in [0.2, 0.25) is 0 Å². The lowest BCUT2D eigenvalue weighted by atomic mass is 10.1. The molecule has 2 aromatic carbocycles. The third-order valence-corrected chi connectivity index (χ3v) is 4.79. The van der Waals surface area contributed by atoms with Crippen LogP contribution >= 0.6 is 15.9 Å². The lowest BCUT2D eigenvalue weighted by Gasteiger charge is -2.26. The standard InChI is InChI=1S/C24H28BrNO6/c1-16(30-14-17-8-6-5-7-9-17)21(26-23(29)32-24(2,3)4)22(28)31-15-20(27)18-10-12-19(25)13-11-18/h5-13,16,21H,14-15H2,1-4H3,(H,26,29)/t16-,21-/m1/s1. The van der Waals surface area contributed by atoms with Crippen molar-refractivity contribution >= 4 is 33.8 Å². The van der Waals surface area contributed by atoms with Gasteiger partial charge < -0.3 is 19.5 Å². The number of Topliss-reactive ketones (excluding diaryl/α,β-unsaturated/α-hetero) is 1. The van der Waals surface area contributed by atoms with E-state index in [1.54, 1.807) is 52.0 Å². The van der Waals surface area contributed by atoms with Gasteiger partial charge in [-0.3, -0.25) is 4.79 Å². The minimum absolute atomic E-state index is 0.236. The summed E-state index contributed by atoms with van der Waals surface area (Å²) in [7, 11) is 0. The maximum Gasteiger partial charge on any atom is 0.408 e. The molecule has 2 aromatic rings. The Kier molecular flexibility index (Phi) is 9.41. The first-order valence-corrected chi connectivity index (χ1v) is 10.9. The number of ketones is 1. The number of esters is 1. The monoisotopic (exact) mass is 505 g/mol. The first-order chi connectivity index (χ1) is 15.0. The van der Waals surface area contributed by atoms with E-state index in [2.05, 4.69) is 21.2 Å². The highest BCUT2D eigenvalue weighted by molar-refractivity contribution is 9.10. The number of amides is 1. The highest BCUT2D eigenvalue weighted by Gasteiger charge is 2.31. The van der Waals surface area contributed by atoms with Gasteiger partial charge in [-0.25, -0.2) is 9.59 Å². The highest BCUT2D eigenvalue weighted by atomic mass is 79.9. The van der Waals surface area contributed by atoms with Crippen LogP contribution in [-0.4, -0.2) is 42.2 Å². The third-order valence-electron chi connectivity index (χ3n) is 4.26. The topological polar surface area (TPSA) is 90.9 Å². The van der Waals surface area contributed by atoms with Crippen molar-refractivity contribution in [1.29, 1.82) is 0 Å². The van der Waals surface area contributed by atoms with E-state index in [1.807, 2.05) is 30.3 Å². The molecule has 7 nitrogen and oxygen atoms in total. The molecule has 0 bridgehead atoms. The van der Waals surface area contributed by atoms with E-state index in [9.17, 15) is 14.4 Å². The third kappa shape index (κ3) is 8.80. The first kappa shape index (κ1) is 25.5. The number of ether oxygens (including phenoxy) is 3. The van der Waals surface area contributed by atoms with Gasteiger partial charge in [-0.2, -0.15) is 0 Å². The van der Waals surface area contributed by atoms with Crippen LogP contribution in [0.15, 0.2) is 59.1 Å². The van der Waals surface area contributed by atoms with Gasteiger partial charge in [0.15, 0.2) is 18.4 Å². The van der Waals surface area contributed by atoms with Crippen LogP contribution in [0, 0.1) is 0 Å². The summed E-state index contributed by atoms with van der Waals surface area (Å²) in [5.41, 5.74) is 0.574. The molecule has 8 heteroatoms. The number of rotatable bonds is 9. The largest absolute Gasteiger partial charge is 0.456 e. The van der Waals surface area contributed by atoms with Crippen LogP contribution < -0.4 is 5.32 Å². The second-order valence-electron chi connectivity index (χ2n) is 8.16. The van der Waals surface area contributed by atoms with Crippen LogP contribution in [0.25, 0.3) is 0 Å². The van der Waals surface area contributed by atoms with Crippen molar-refractivity contribution in [3.63, 3.8) is 0 Å². The molecule has 0 aliphatic heterocycles. The fraction of sp³-hybridized carbons (Fsp3) is 0.375. The molecular formula is C24H28BrNO6. The summed E-state index contributed by atoms with van der Waals surface area (Å²) in [6, 6.07) is 15.0. The van der Waals surface area contributed by atoms with Gasteiger partial charge in [-0.1, -0.05) is 58.4 Å². The Morgan fingerprint density at radius 1 is 1.00 bits per heavy atom.